The summed E-state index contributed by atoms with van der Waals surface area (Å²) in [5.41, 5.74) is 6.25. The molecule has 33 heavy (non-hydrogen) atoms. The zero-order valence-corrected chi connectivity index (χ0v) is 19.9. The number of unbranched alkanes of at least 4 members (excludes halogenated alkanes) is 1. The maximum absolute atomic E-state index is 12.5. The van der Waals surface area contributed by atoms with Crippen molar-refractivity contribution in [1.29, 1.82) is 0 Å². The number of benzene rings is 2. The van der Waals surface area contributed by atoms with Crippen LogP contribution in [0.25, 0.3) is 0 Å². The molecule has 0 aromatic heterocycles. The average Bonchev–Trinajstić information content (AvgIpc) is 2.78. The molecule has 0 spiro atoms. The molecule has 0 radical (unpaired) electrons. The zero-order chi connectivity index (χ0) is 24.2. The maximum Gasteiger partial charge on any atom is 0.269 e. The SMILES string of the molecule is CCCCOc1ccccc1C(=O)NC(=S)NNC(=O)c1ccc(NC(=O)CC(C)C)cc1. The van der Waals surface area contributed by atoms with Crippen LogP contribution in [0.4, 0.5) is 5.69 Å². The van der Waals surface area contributed by atoms with Gasteiger partial charge < -0.3 is 10.1 Å². The predicted molar refractivity (Wildman–Crippen MR) is 132 cm³/mol. The Morgan fingerprint density at radius 2 is 1.67 bits per heavy atom. The minimum atomic E-state index is -0.449. The second kappa shape index (κ2) is 13.2. The molecule has 2 aromatic carbocycles. The summed E-state index contributed by atoms with van der Waals surface area (Å²) in [4.78, 5) is 36.7. The Morgan fingerprint density at radius 3 is 2.33 bits per heavy atom. The first kappa shape index (κ1) is 25.8. The van der Waals surface area contributed by atoms with E-state index < -0.39 is 11.8 Å². The number of hydrazine groups is 1. The summed E-state index contributed by atoms with van der Waals surface area (Å²) in [6.45, 7) is 6.50. The molecule has 3 amide bonds. The zero-order valence-electron chi connectivity index (χ0n) is 19.1. The Balaban J connectivity index is 1.85. The summed E-state index contributed by atoms with van der Waals surface area (Å²) in [7, 11) is 0. The Hall–Kier alpha value is -3.46. The van der Waals surface area contributed by atoms with E-state index in [0.717, 1.165) is 12.8 Å². The quantitative estimate of drug-likeness (QED) is 0.252. The smallest absolute Gasteiger partial charge is 0.269 e. The maximum atomic E-state index is 12.5. The van der Waals surface area contributed by atoms with Crippen LogP contribution in [0.2, 0.25) is 0 Å². The van der Waals surface area contributed by atoms with Gasteiger partial charge in [0.25, 0.3) is 11.8 Å². The minimum absolute atomic E-state index is 0.0609. The van der Waals surface area contributed by atoms with Gasteiger partial charge >= 0.3 is 0 Å². The van der Waals surface area contributed by atoms with Crippen LogP contribution in [0.5, 0.6) is 5.75 Å². The van der Waals surface area contributed by atoms with Gasteiger partial charge in [-0.25, -0.2) is 0 Å². The van der Waals surface area contributed by atoms with Crippen molar-refractivity contribution >= 4 is 40.7 Å². The second-order valence-electron chi connectivity index (χ2n) is 7.78. The topological polar surface area (TPSA) is 109 Å². The van der Waals surface area contributed by atoms with Crippen molar-refractivity contribution in [3.63, 3.8) is 0 Å². The highest BCUT2D eigenvalue weighted by molar-refractivity contribution is 7.80. The first-order valence-electron chi connectivity index (χ1n) is 10.8. The Labute approximate surface area is 199 Å². The van der Waals surface area contributed by atoms with E-state index in [-0.39, 0.29) is 16.9 Å². The number of hydrogen-bond acceptors (Lipinski definition) is 5. The third-order valence-electron chi connectivity index (χ3n) is 4.43. The largest absolute Gasteiger partial charge is 0.493 e. The number of carbonyl (C=O) groups is 3. The van der Waals surface area contributed by atoms with Gasteiger partial charge in [-0.3, -0.25) is 30.6 Å². The van der Waals surface area contributed by atoms with Gasteiger partial charge in [-0.1, -0.05) is 39.3 Å². The van der Waals surface area contributed by atoms with Crippen molar-refractivity contribution in [2.75, 3.05) is 11.9 Å². The second-order valence-corrected chi connectivity index (χ2v) is 8.19. The molecule has 8 nitrogen and oxygen atoms in total. The predicted octanol–water partition coefficient (Wildman–Crippen LogP) is 3.80. The van der Waals surface area contributed by atoms with Crippen LogP contribution in [0, 0.1) is 5.92 Å². The van der Waals surface area contributed by atoms with E-state index in [4.69, 9.17) is 17.0 Å². The third-order valence-corrected chi connectivity index (χ3v) is 4.63. The summed E-state index contributed by atoms with van der Waals surface area (Å²) < 4.78 is 5.67. The fourth-order valence-electron chi connectivity index (χ4n) is 2.78. The molecular formula is C24H30N4O4S. The number of rotatable bonds is 9. The molecule has 2 rings (SSSR count). The van der Waals surface area contributed by atoms with Crippen molar-refractivity contribution in [2.45, 2.75) is 40.0 Å². The number of anilines is 1. The van der Waals surface area contributed by atoms with Crippen LogP contribution in [-0.4, -0.2) is 29.4 Å². The van der Waals surface area contributed by atoms with Crippen LogP contribution in [0.3, 0.4) is 0 Å². The number of para-hydroxylation sites is 1. The van der Waals surface area contributed by atoms with Crippen molar-refractivity contribution in [3.8, 4) is 5.75 Å². The molecule has 0 aliphatic rings. The first-order valence-corrected chi connectivity index (χ1v) is 11.2. The fraction of sp³-hybridized carbons (Fsp3) is 0.333. The van der Waals surface area contributed by atoms with E-state index in [9.17, 15) is 14.4 Å². The molecule has 0 atom stereocenters. The van der Waals surface area contributed by atoms with Crippen LogP contribution in [0.15, 0.2) is 48.5 Å². The monoisotopic (exact) mass is 470 g/mol. The highest BCUT2D eigenvalue weighted by atomic mass is 32.1. The number of ether oxygens (including phenoxy) is 1. The molecular weight excluding hydrogens is 440 g/mol. The van der Waals surface area contributed by atoms with Gasteiger partial charge in [0, 0.05) is 17.7 Å². The summed E-state index contributed by atoms with van der Waals surface area (Å²) >= 11 is 5.10. The number of thiocarbonyl (C=S) groups is 1. The van der Waals surface area contributed by atoms with Crippen LogP contribution in [0.1, 0.15) is 60.7 Å². The summed E-state index contributed by atoms with van der Waals surface area (Å²) in [6.07, 6.45) is 2.29. The van der Waals surface area contributed by atoms with E-state index in [0.29, 0.717) is 35.6 Å². The summed E-state index contributed by atoms with van der Waals surface area (Å²) in [5, 5.41) is 5.24. The Bertz CT molecular complexity index is 977. The molecule has 176 valence electrons. The van der Waals surface area contributed by atoms with Gasteiger partial charge in [0.2, 0.25) is 5.91 Å². The third kappa shape index (κ3) is 8.89. The molecule has 9 heteroatoms. The van der Waals surface area contributed by atoms with E-state index in [1.54, 1.807) is 48.5 Å². The number of amides is 3. The standard InChI is InChI=1S/C24H30N4O4S/c1-4-5-14-32-20-9-7-6-8-19(20)23(31)26-24(33)28-27-22(30)17-10-12-18(13-11-17)25-21(29)15-16(2)3/h6-13,16H,4-5,14-15H2,1-3H3,(H,25,29)(H,27,30)(H2,26,28,31,33). The summed E-state index contributed by atoms with van der Waals surface area (Å²) in [5.74, 6) is -0.254. The lowest BCUT2D eigenvalue weighted by atomic mass is 10.1. The highest BCUT2D eigenvalue weighted by Gasteiger charge is 2.14. The van der Waals surface area contributed by atoms with E-state index in [1.165, 1.54) is 0 Å². The van der Waals surface area contributed by atoms with Crippen LogP contribution in [-0.2, 0) is 4.79 Å². The van der Waals surface area contributed by atoms with E-state index in [1.807, 2.05) is 13.8 Å². The Morgan fingerprint density at radius 1 is 0.970 bits per heavy atom. The first-order chi connectivity index (χ1) is 15.8. The lowest BCUT2D eigenvalue weighted by molar-refractivity contribution is -0.116. The molecule has 0 aliphatic carbocycles. The van der Waals surface area contributed by atoms with Crippen LogP contribution >= 0.6 is 12.2 Å². The molecule has 0 aliphatic heterocycles. The molecule has 0 unspecified atom stereocenters. The van der Waals surface area contributed by atoms with Gasteiger partial charge in [0.05, 0.1) is 12.2 Å². The lowest BCUT2D eigenvalue weighted by Gasteiger charge is -2.13. The van der Waals surface area contributed by atoms with Crippen molar-refractivity contribution in [2.24, 2.45) is 5.92 Å². The summed E-state index contributed by atoms with van der Waals surface area (Å²) in [6, 6.07) is 13.3. The van der Waals surface area contributed by atoms with Gasteiger partial charge in [-0.2, -0.15) is 0 Å². The van der Waals surface area contributed by atoms with E-state index in [2.05, 4.69) is 28.4 Å². The van der Waals surface area contributed by atoms with Gasteiger partial charge in [0.15, 0.2) is 5.11 Å². The molecule has 4 N–H and O–H groups in total. The number of carbonyl (C=O) groups excluding carboxylic acids is 3. The molecule has 0 saturated heterocycles. The number of hydrogen-bond donors (Lipinski definition) is 4. The molecule has 0 heterocycles. The fourth-order valence-corrected chi connectivity index (χ4v) is 2.93. The van der Waals surface area contributed by atoms with Gasteiger partial charge in [0.1, 0.15) is 5.75 Å². The van der Waals surface area contributed by atoms with Gasteiger partial charge in [-0.15, -0.1) is 0 Å². The Kier molecular flexibility index (Phi) is 10.3. The molecule has 0 saturated carbocycles. The average molecular weight is 471 g/mol. The van der Waals surface area contributed by atoms with Crippen molar-refractivity contribution in [3.05, 3.63) is 59.7 Å². The molecule has 0 fully saturated rings. The van der Waals surface area contributed by atoms with Crippen molar-refractivity contribution < 1.29 is 19.1 Å². The van der Waals surface area contributed by atoms with Crippen LogP contribution < -0.4 is 26.2 Å². The molecule has 0 bridgehead atoms. The normalized spacial score (nSPS) is 10.3. The van der Waals surface area contributed by atoms with Gasteiger partial charge in [-0.05, 0) is 61.0 Å². The molecule has 2 aromatic rings. The highest BCUT2D eigenvalue weighted by Crippen LogP contribution is 2.18. The van der Waals surface area contributed by atoms with E-state index >= 15 is 0 Å². The lowest BCUT2D eigenvalue weighted by Crippen LogP contribution is -2.48. The van der Waals surface area contributed by atoms with Crippen molar-refractivity contribution in [1.82, 2.24) is 16.2 Å². The minimum Gasteiger partial charge on any atom is -0.493 e. The number of nitrogens with one attached hydrogen (secondary N) is 4.